The molecule has 48 heavy (non-hydrogen) atoms. The van der Waals surface area contributed by atoms with Gasteiger partial charge in [0, 0.05) is 21.2 Å². The molecule has 0 fully saturated rings. The van der Waals surface area contributed by atoms with Gasteiger partial charge in [0.25, 0.3) is 11.8 Å². The van der Waals surface area contributed by atoms with Gasteiger partial charge >= 0.3 is 6.18 Å². The first-order chi connectivity index (χ1) is 22.7. The normalized spacial score (nSPS) is 12.3. The highest BCUT2D eigenvalue weighted by molar-refractivity contribution is 8.00. The lowest BCUT2D eigenvalue weighted by Crippen LogP contribution is -2.30. The summed E-state index contributed by atoms with van der Waals surface area (Å²) in [5.41, 5.74) is -3.73. The molecule has 0 saturated carbocycles. The highest BCUT2D eigenvalue weighted by Crippen LogP contribution is 2.39. The molecule has 4 rings (SSSR count). The summed E-state index contributed by atoms with van der Waals surface area (Å²) in [5, 5.41) is 5.99. The van der Waals surface area contributed by atoms with Crippen molar-refractivity contribution in [2.24, 2.45) is 0 Å². The van der Waals surface area contributed by atoms with Gasteiger partial charge in [-0.1, -0.05) is 61.0 Å². The van der Waals surface area contributed by atoms with Gasteiger partial charge in [-0.25, -0.2) is 17.6 Å². The molecular weight excluding hydrogens is 687 g/mol. The Bertz CT molecular complexity index is 1860. The summed E-state index contributed by atoms with van der Waals surface area (Å²) in [5.74, 6) is -12.7. The van der Waals surface area contributed by atoms with Gasteiger partial charge in [0.15, 0.2) is 23.3 Å². The van der Waals surface area contributed by atoms with Crippen LogP contribution in [0.1, 0.15) is 34.8 Å². The number of hydrogen-bond donors (Lipinski definition) is 3. The summed E-state index contributed by atoms with van der Waals surface area (Å²) in [4.78, 5) is 39.5. The van der Waals surface area contributed by atoms with E-state index in [1.165, 1.54) is 37.3 Å². The zero-order chi connectivity index (χ0) is 35.2. The maximum absolute atomic E-state index is 14.4. The number of carbonyl (C=O) groups excluding carboxylic acids is 3. The van der Waals surface area contributed by atoms with Gasteiger partial charge < -0.3 is 16.0 Å². The fourth-order valence-electron chi connectivity index (χ4n) is 4.22. The SMILES string of the molecule is CCC(Sc1cccc(NC(=O)/C(=C\c2ccccc2Cl)NC(=O)c2ccccc2)c1)C(=O)Nc1c(F)c(F)c(C(F)(F)F)c(F)c1F. The van der Waals surface area contributed by atoms with E-state index in [2.05, 4.69) is 10.6 Å². The molecular formula is C33H23ClF7N3O3S. The third-order valence-electron chi connectivity index (χ3n) is 6.56. The number of carbonyl (C=O) groups is 3. The number of rotatable bonds is 10. The third kappa shape index (κ3) is 8.55. The van der Waals surface area contributed by atoms with Crippen LogP contribution in [0.15, 0.2) is 89.5 Å². The van der Waals surface area contributed by atoms with Crippen molar-refractivity contribution in [2.45, 2.75) is 29.7 Å². The van der Waals surface area contributed by atoms with Crippen LogP contribution >= 0.6 is 23.4 Å². The second kappa shape index (κ2) is 15.4. The van der Waals surface area contributed by atoms with Crippen LogP contribution in [-0.4, -0.2) is 23.0 Å². The first kappa shape index (κ1) is 36.0. The Morgan fingerprint density at radius 2 is 1.46 bits per heavy atom. The Kier molecular flexibility index (Phi) is 11.5. The summed E-state index contributed by atoms with van der Waals surface area (Å²) in [6.07, 6.45) is -4.36. The molecule has 0 aliphatic carbocycles. The van der Waals surface area contributed by atoms with E-state index in [0.29, 0.717) is 15.5 Å². The number of hydrogen-bond acceptors (Lipinski definition) is 4. The molecule has 0 radical (unpaired) electrons. The molecule has 3 N–H and O–H groups in total. The Hall–Kier alpha value is -4.82. The van der Waals surface area contributed by atoms with E-state index in [0.717, 1.165) is 11.8 Å². The average Bonchev–Trinajstić information content (AvgIpc) is 3.05. The van der Waals surface area contributed by atoms with Gasteiger partial charge in [-0.3, -0.25) is 14.4 Å². The predicted octanol–water partition coefficient (Wildman–Crippen LogP) is 8.83. The van der Waals surface area contributed by atoms with Crippen LogP contribution in [0, 0.1) is 23.3 Å². The van der Waals surface area contributed by atoms with E-state index in [-0.39, 0.29) is 23.4 Å². The highest BCUT2D eigenvalue weighted by Gasteiger charge is 2.42. The predicted molar refractivity (Wildman–Crippen MR) is 168 cm³/mol. The van der Waals surface area contributed by atoms with Crippen LogP contribution < -0.4 is 16.0 Å². The summed E-state index contributed by atoms with van der Waals surface area (Å²) < 4.78 is 95.7. The molecule has 0 aliphatic rings. The fourth-order valence-corrected chi connectivity index (χ4v) is 5.42. The number of benzene rings is 4. The van der Waals surface area contributed by atoms with Crippen molar-refractivity contribution in [1.82, 2.24) is 5.32 Å². The van der Waals surface area contributed by atoms with Crippen molar-refractivity contribution >= 4 is 58.5 Å². The molecule has 0 heterocycles. The van der Waals surface area contributed by atoms with Crippen LogP contribution in [0.25, 0.3) is 6.08 Å². The quantitative estimate of drug-likeness (QED) is 0.0665. The lowest BCUT2D eigenvalue weighted by atomic mass is 10.1. The van der Waals surface area contributed by atoms with Crippen molar-refractivity contribution in [2.75, 3.05) is 10.6 Å². The second-order valence-electron chi connectivity index (χ2n) is 9.89. The van der Waals surface area contributed by atoms with E-state index in [4.69, 9.17) is 11.6 Å². The first-order valence-corrected chi connectivity index (χ1v) is 15.1. The molecule has 0 aliphatic heterocycles. The monoisotopic (exact) mass is 709 g/mol. The molecule has 250 valence electrons. The number of thioether (sulfide) groups is 1. The van der Waals surface area contributed by atoms with Crippen LogP contribution in [0.4, 0.5) is 42.1 Å². The summed E-state index contributed by atoms with van der Waals surface area (Å²) in [7, 11) is 0. The minimum absolute atomic E-state index is 0.00182. The van der Waals surface area contributed by atoms with Gasteiger partial charge in [0.1, 0.15) is 16.9 Å². The van der Waals surface area contributed by atoms with Crippen LogP contribution in [0.5, 0.6) is 0 Å². The summed E-state index contributed by atoms with van der Waals surface area (Å²) in [6.45, 7) is 1.50. The molecule has 3 amide bonds. The number of halogens is 8. The van der Waals surface area contributed by atoms with E-state index in [1.807, 2.05) is 0 Å². The van der Waals surface area contributed by atoms with Crippen LogP contribution in [-0.2, 0) is 15.8 Å². The van der Waals surface area contributed by atoms with Gasteiger partial charge in [0.05, 0.1) is 5.25 Å². The van der Waals surface area contributed by atoms with E-state index >= 15 is 0 Å². The van der Waals surface area contributed by atoms with E-state index < -0.39 is 63.7 Å². The number of anilines is 2. The second-order valence-corrected chi connectivity index (χ2v) is 11.6. The Balaban J connectivity index is 1.54. The maximum atomic E-state index is 14.4. The molecule has 4 aromatic carbocycles. The Morgan fingerprint density at radius 3 is 2.06 bits per heavy atom. The average molecular weight is 710 g/mol. The number of alkyl halides is 3. The summed E-state index contributed by atoms with van der Waals surface area (Å²) in [6, 6.07) is 20.6. The topological polar surface area (TPSA) is 87.3 Å². The van der Waals surface area contributed by atoms with Crippen molar-refractivity contribution in [3.63, 3.8) is 0 Å². The van der Waals surface area contributed by atoms with Gasteiger partial charge in [0.2, 0.25) is 5.91 Å². The minimum Gasteiger partial charge on any atom is -0.321 e. The fraction of sp³-hybridized carbons (Fsp3) is 0.121. The maximum Gasteiger partial charge on any atom is 0.422 e. The number of amides is 3. The third-order valence-corrected chi connectivity index (χ3v) is 8.26. The molecule has 6 nitrogen and oxygen atoms in total. The van der Waals surface area contributed by atoms with Gasteiger partial charge in [-0.15, -0.1) is 11.8 Å². The highest BCUT2D eigenvalue weighted by atomic mass is 35.5. The van der Waals surface area contributed by atoms with Crippen molar-refractivity contribution in [1.29, 1.82) is 0 Å². The lowest BCUT2D eigenvalue weighted by Gasteiger charge is -2.18. The number of nitrogens with one attached hydrogen (secondary N) is 3. The molecule has 4 aromatic rings. The van der Waals surface area contributed by atoms with Crippen molar-refractivity contribution in [3.05, 3.63) is 130 Å². The molecule has 0 spiro atoms. The molecule has 1 atom stereocenters. The van der Waals surface area contributed by atoms with Crippen molar-refractivity contribution < 1.29 is 45.1 Å². The Labute approximate surface area is 278 Å². The lowest BCUT2D eigenvalue weighted by molar-refractivity contribution is -0.143. The molecule has 15 heteroatoms. The van der Waals surface area contributed by atoms with Crippen molar-refractivity contribution in [3.8, 4) is 0 Å². The van der Waals surface area contributed by atoms with E-state index in [1.54, 1.807) is 59.9 Å². The Morgan fingerprint density at radius 1 is 0.833 bits per heavy atom. The minimum atomic E-state index is -5.74. The zero-order valence-electron chi connectivity index (χ0n) is 24.5. The van der Waals surface area contributed by atoms with Crippen LogP contribution in [0.2, 0.25) is 5.02 Å². The van der Waals surface area contributed by atoms with Gasteiger partial charge in [-0.05, 0) is 54.5 Å². The molecule has 0 bridgehead atoms. The van der Waals surface area contributed by atoms with Crippen LogP contribution in [0.3, 0.4) is 0 Å². The smallest absolute Gasteiger partial charge is 0.321 e. The standard InChI is InChI=1S/C33H23ClF7N3O3S/c1-2-23(32(47)44-29-27(37)25(35)24(33(39,40)41)26(36)28(29)38)48-20-13-8-12-19(16-20)42-31(46)22(15-18-11-6-7-14-21(18)34)43-30(45)17-9-4-3-5-10-17/h3-16,23H,2H2,1H3,(H,42,46)(H,43,45)(H,44,47)/b22-15+. The first-order valence-electron chi connectivity index (χ1n) is 13.9. The summed E-state index contributed by atoms with van der Waals surface area (Å²) >= 11 is 7.08. The molecule has 0 saturated heterocycles. The van der Waals surface area contributed by atoms with E-state index in [9.17, 15) is 45.1 Å². The molecule has 1 unspecified atom stereocenters. The van der Waals surface area contributed by atoms with Gasteiger partial charge in [-0.2, -0.15) is 13.2 Å². The zero-order valence-corrected chi connectivity index (χ0v) is 26.1. The molecule has 0 aromatic heterocycles. The largest absolute Gasteiger partial charge is 0.422 e.